The van der Waals surface area contributed by atoms with Gasteiger partial charge in [0.2, 0.25) is 0 Å². The van der Waals surface area contributed by atoms with Crippen molar-refractivity contribution in [1.29, 1.82) is 0 Å². The second-order valence-corrected chi connectivity index (χ2v) is 5.31. The van der Waals surface area contributed by atoms with E-state index in [-0.39, 0.29) is 0 Å². The number of ether oxygens (including phenoxy) is 1. The summed E-state index contributed by atoms with van der Waals surface area (Å²) in [6, 6.07) is 4.08. The van der Waals surface area contributed by atoms with Gasteiger partial charge in [-0.05, 0) is 48.1 Å². The minimum atomic E-state index is 0.773. The molecule has 0 saturated heterocycles. The fourth-order valence-corrected chi connectivity index (χ4v) is 2.37. The molecule has 0 atom stereocenters. The molecule has 0 aliphatic carbocycles. The number of fused-ring (bicyclic) bond motifs is 1. The van der Waals surface area contributed by atoms with Gasteiger partial charge >= 0.3 is 0 Å². The third-order valence-corrected chi connectivity index (χ3v) is 3.58. The minimum Gasteiger partial charge on any atom is -0.491 e. The number of nitrogens with zero attached hydrogens (tertiary/aromatic N) is 1. The van der Waals surface area contributed by atoms with Crippen LogP contribution in [0.15, 0.2) is 12.1 Å². The number of halogens is 1. The average Bonchev–Trinajstić information content (AvgIpc) is 2.70. The van der Waals surface area contributed by atoms with E-state index in [1.54, 1.807) is 0 Å². The molecule has 2 aromatic rings. The van der Waals surface area contributed by atoms with Gasteiger partial charge in [-0.2, -0.15) is 0 Å². The van der Waals surface area contributed by atoms with Crippen LogP contribution in [0.3, 0.4) is 0 Å². The molecule has 1 N–H and O–H groups in total. The third kappa shape index (κ3) is 2.91. The molecule has 0 spiro atoms. The fraction of sp³-hybridized carbons (Fsp3) is 0.462. The zero-order chi connectivity index (χ0) is 12.3. The van der Waals surface area contributed by atoms with Crippen molar-refractivity contribution in [3.05, 3.63) is 21.5 Å². The molecule has 0 saturated carbocycles. The summed E-state index contributed by atoms with van der Waals surface area (Å²) in [4.78, 5) is 7.76. The summed E-state index contributed by atoms with van der Waals surface area (Å²) in [6.07, 6.45) is 3.54. The zero-order valence-corrected chi connectivity index (χ0v) is 12.4. The molecule has 4 heteroatoms. The predicted molar refractivity (Wildman–Crippen MR) is 78.6 cm³/mol. The Balaban J connectivity index is 2.19. The molecule has 92 valence electrons. The van der Waals surface area contributed by atoms with Crippen molar-refractivity contribution < 1.29 is 4.74 Å². The van der Waals surface area contributed by atoms with Gasteiger partial charge in [-0.25, -0.2) is 4.98 Å². The fourth-order valence-electron chi connectivity index (χ4n) is 1.80. The quantitative estimate of drug-likeness (QED) is 0.657. The van der Waals surface area contributed by atoms with E-state index in [1.807, 2.05) is 13.0 Å². The second-order valence-electron chi connectivity index (χ2n) is 4.15. The monoisotopic (exact) mass is 344 g/mol. The molecule has 2 rings (SSSR count). The lowest BCUT2D eigenvalue weighted by Gasteiger charge is -2.06. The average molecular weight is 344 g/mol. The van der Waals surface area contributed by atoms with Gasteiger partial charge in [-0.3, -0.25) is 0 Å². The topological polar surface area (TPSA) is 37.9 Å². The van der Waals surface area contributed by atoms with Crippen molar-refractivity contribution in [2.75, 3.05) is 6.61 Å². The predicted octanol–water partition coefficient (Wildman–Crippen LogP) is 4.04. The molecule has 1 aromatic carbocycles. The van der Waals surface area contributed by atoms with Crippen LogP contribution in [0.4, 0.5) is 0 Å². The van der Waals surface area contributed by atoms with Crippen LogP contribution in [-0.2, 0) is 0 Å². The molecule has 0 unspecified atom stereocenters. The lowest BCUT2D eigenvalue weighted by molar-refractivity contribution is 0.309. The Kier molecular flexibility index (Phi) is 4.25. The smallest absolute Gasteiger partial charge is 0.147 e. The van der Waals surface area contributed by atoms with Crippen molar-refractivity contribution >= 4 is 33.6 Å². The molecular formula is C13H17IN2O. The van der Waals surface area contributed by atoms with Crippen LogP contribution in [-0.4, -0.2) is 16.6 Å². The summed E-state index contributed by atoms with van der Waals surface area (Å²) in [5, 5.41) is 0. The molecular weight excluding hydrogens is 327 g/mol. The summed E-state index contributed by atoms with van der Waals surface area (Å²) in [6.45, 7) is 4.94. The number of unbranched alkanes of at least 4 members (excludes halogenated alkanes) is 2. The Morgan fingerprint density at radius 2 is 2.18 bits per heavy atom. The lowest BCUT2D eigenvalue weighted by Crippen LogP contribution is -1.98. The van der Waals surface area contributed by atoms with E-state index in [1.165, 1.54) is 16.4 Å². The van der Waals surface area contributed by atoms with Gasteiger partial charge in [0.1, 0.15) is 17.1 Å². The highest BCUT2D eigenvalue weighted by molar-refractivity contribution is 14.1. The van der Waals surface area contributed by atoms with E-state index in [2.05, 4.69) is 45.5 Å². The first kappa shape index (κ1) is 12.7. The van der Waals surface area contributed by atoms with Crippen LogP contribution in [0, 0.1) is 10.5 Å². The van der Waals surface area contributed by atoms with E-state index in [4.69, 9.17) is 4.74 Å². The first-order chi connectivity index (χ1) is 8.22. The highest BCUT2D eigenvalue weighted by Crippen LogP contribution is 2.27. The van der Waals surface area contributed by atoms with Crippen molar-refractivity contribution in [1.82, 2.24) is 9.97 Å². The first-order valence-electron chi connectivity index (χ1n) is 6.00. The maximum absolute atomic E-state index is 5.80. The Morgan fingerprint density at radius 3 is 2.94 bits per heavy atom. The van der Waals surface area contributed by atoms with E-state index in [9.17, 15) is 0 Å². The molecule has 0 aliphatic rings. The molecule has 0 amide bonds. The van der Waals surface area contributed by atoms with Crippen LogP contribution in [0.25, 0.3) is 11.0 Å². The molecule has 1 heterocycles. The van der Waals surface area contributed by atoms with Crippen molar-refractivity contribution in [2.45, 2.75) is 33.1 Å². The van der Waals surface area contributed by atoms with E-state index < -0.39 is 0 Å². The van der Waals surface area contributed by atoms with Gasteiger partial charge in [-0.15, -0.1) is 0 Å². The van der Waals surface area contributed by atoms with Crippen LogP contribution in [0.5, 0.6) is 5.75 Å². The summed E-state index contributed by atoms with van der Waals surface area (Å²) >= 11 is 2.31. The SMILES string of the molecule is CCCCCOc1ccc(I)c2[nH]c(C)nc12. The van der Waals surface area contributed by atoms with Crippen molar-refractivity contribution in [2.24, 2.45) is 0 Å². The normalized spacial score (nSPS) is 11.0. The number of hydrogen-bond donors (Lipinski definition) is 1. The molecule has 0 aliphatic heterocycles. The number of aryl methyl sites for hydroxylation is 1. The molecule has 0 bridgehead atoms. The number of aromatic amines is 1. The number of imidazole rings is 1. The number of nitrogens with one attached hydrogen (secondary N) is 1. The highest BCUT2D eigenvalue weighted by Gasteiger charge is 2.09. The summed E-state index contributed by atoms with van der Waals surface area (Å²) < 4.78 is 6.98. The van der Waals surface area contributed by atoms with Crippen molar-refractivity contribution in [3.63, 3.8) is 0 Å². The van der Waals surface area contributed by atoms with Gasteiger partial charge in [0.15, 0.2) is 0 Å². The second kappa shape index (κ2) is 5.71. The molecule has 0 radical (unpaired) electrons. The zero-order valence-electron chi connectivity index (χ0n) is 10.2. The Morgan fingerprint density at radius 1 is 1.35 bits per heavy atom. The van der Waals surface area contributed by atoms with Crippen LogP contribution in [0.2, 0.25) is 0 Å². The molecule has 1 aromatic heterocycles. The van der Waals surface area contributed by atoms with Gasteiger partial charge in [0.25, 0.3) is 0 Å². The summed E-state index contributed by atoms with van der Waals surface area (Å²) in [5.41, 5.74) is 2.03. The van der Waals surface area contributed by atoms with Crippen LogP contribution in [0.1, 0.15) is 32.0 Å². The number of rotatable bonds is 5. The number of hydrogen-bond acceptors (Lipinski definition) is 2. The summed E-state index contributed by atoms with van der Waals surface area (Å²) in [7, 11) is 0. The standard InChI is InChI=1S/C13H17IN2O/c1-3-4-5-8-17-11-7-6-10(14)12-13(11)16-9(2)15-12/h6-7H,3-5,8H2,1-2H3,(H,15,16). The van der Waals surface area contributed by atoms with Gasteiger partial charge in [0.05, 0.1) is 12.1 Å². The minimum absolute atomic E-state index is 0.773. The number of benzene rings is 1. The maximum Gasteiger partial charge on any atom is 0.147 e. The van der Waals surface area contributed by atoms with Crippen LogP contribution >= 0.6 is 22.6 Å². The number of aromatic nitrogens is 2. The highest BCUT2D eigenvalue weighted by atomic mass is 127. The van der Waals surface area contributed by atoms with E-state index in [0.717, 1.165) is 35.6 Å². The Labute approximate surface area is 115 Å². The first-order valence-corrected chi connectivity index (χ1v) is 7.08. The van der Waals surface area contributed by atoms with Crippen molar-refractivity contribution in [3.8, 4) is 5.75 Å². The number of H-pyrrole nitrogens is 1. The van der Waals surface area contributed by atoms with Gasteiger partial charge in [-0.1, -0.05) is 19.8 Å². The molecule has 3 nitrogen and oxygen atoms in total. The summed E-state index contributed by atoms with van der Waals surface area (Å²) in [5.74, 6) is 1.82. The largest absolute Gasteiger partial charge is 0.491 e. The molecule has 17 heavy (non-hydrogen) atoms. The third-order valence-electron chi connectivity index (χ3n) is 2.68. The Hall–Kier alpha value is -0.780. The maximum atomic E-state index is 5.80. The van der Waals surface area contributed by atoms with E-state index in [0.29, 0.717) is 0 Å². The van der Waals surface area contributed by atoms with Crippen LogP contribution < -0.4 is 4.74 Å². The molecule has 0 fully saturated rings. The van der Waals surface area contributed by atoms with Gasteiger partial charge in [0, 0.05) is 3.57 Å². The van der Waals surface area contributed by atoms with Gasteiger partial charge < -0.3 is 9.72 Å². The Bertz CT molecular complexity index is 507. The van der Waals surface area contributed by atoms with E-state index >= 15 is 0 Å². The lowest BCUT2D eigenvalue weighted by atomic mass is 10.2.